The summed E-state index contributed by atoms with van der Waals surface area (Å²) in [6.07, 6.45) is 2.00. The van der Waals surface area contributed by atoms with E-state index in [0.29, 0.717) is 19.5 Å². The molecule has 1 aromatic carbocycles. The average Bonchev–Trinajstić information content (AvgIpc) is 2.83. The Hall–Kier alpha value is -1.80. The third kappa shape index (κ3) is 2.89. The fourth-order valence-corrected chi connectivity index (χ4v) is 3.46. The number of nitrogens with zero attached hydrogens (tertiary/aromatic N) is 2. The summed E-state index contributed by atoms with van der Waals surface area (Å²) in [6, 6.07) is 8.38. The highest BCUT2D eigenvalue weighted by atomic mass is 79.9. The van der Waals surface area contributed by atoms with Gasteiger partial charge in [0.25, 0.3) is 0 Å². The molecule has 1 fully saturated rings. The molecule has 1 N–H and O–H groups in total. The lowest BCUT2D eigenvalue weighted by Crippen LogP contribution is -2.39. The summed E-state index contributed by atoms with van der Waals surface area (Å²) >= 11 is 3.49. The molecular formula is C17H18BrN3O. The summed E-state index contributed by atoms with van der Waals surface area (Å²) in [5.74, 6) is 0.259. The van der Waals surface area contributed by atoms with Crippen molar-refractivity contribution in [2.45, 2.75) is 26.2 Å². The van der Waals surface area contributed by atoms with Crippen LogP contribution in [0.2, 0.25) is 0 Å². The van der Waals surface area contributed by atoms with Crippen molar-refractivity contribution in [3.8, 4) is 6.07 Å². The van der Waals surface area contributed by atoms with Crippen molar-refractivity contribution in [3.05, 3.63) is 33.9 Å². The topological polar surface area (TPSA) is 59.9 Å². The number of benzene rings is 1. The van der Waals surface area contributed by atoms with E-state index in [9.17, 15) is 4.79 Å². The number of aromatic nitrogens is 1. The molecule has 1 aromatic heterocycles. The smallest absolute Gasteiger partial charge is 0.227 e. The number of H-pyrrole nitrogens is 1. The number of amides is 1. The van der Waals surface area contributed by atoms with Crippen LogP contribution in [0.4, 0.5) is 0 Å². The number of nitriles is 1. The first kappa shape index (κ1) is 15.1. The van der Waals surface area contributed by atoms with E-state index in [1.165, 1.54) is 0 Å². The standard InChI is InChI=1S/C17H18BrN3O/c1-11-14(15-8-13(18)2-3-16(15)20-11)9-17(22)21-6-4-12(10-19)5-7-21/h2-3,8,12,20H,4-7,9H2,1H3. The number of aryl methyl sites for hydroxylation is 1. The van der Waals surface area contributed by atoms with Crippen LogP contribution < -0.4 is 0 Å². The SMILES string of the molecule is Cc1[nH]c2ccc(Br)cc2c1CC(=O)N1CCC(C#N)CC1. The van der Waals surface area contributed by atoms with Gasteiger partial charge in [0.05, 0.1) is 12.5 Å². The van der Waals surface area contributed by atoms with E-state index in [-0.39, 0.29) is 11.8 Å². The second-order valence-electron chi connectivity index (χ2n) is 5.88. The molecule has 22 heavy (non-hydrogen) atoms. The van der Waals surface area contributed by atoms with E-state index >= 15 is 0 Å². The van der Waals surface area contributed by atoms with E-state index in [4.69, 9.17) is 5.26 Å². The zero-order valence-electron chi connectivity index (χ0n) is 12.5. The summed E-state index contributed by atoms with van der Waals surface area (Å²) in [4.78, 5) is 17.8. The number of likely N-dealkylation sites (tertiary alicyclic amines) is 1. The molecule has 1 saturated heterocycles. The highest BCUT2D eigenvalue weighted by molar-refractivity contribution is 9.10. The van der Waals surface area contributed by atoms with Crippen molar-refractivity contribution in [2.75, 3.05) is 13.1 Å². The van der Waals surface area contributed by atoms with E-state index in [0.717, 1.165) is 39.5 Å². The number of halogens is 1. The number of aromatic amines is 1. The van der Waals surface area contributed by atoms with E-state index in [1.54, 1.807) is 0 Å². The normalized spacial score (nSPS) is 16.0. The van der Waals surface area contributed by atoms with Crippen molar-refractivity contribution in [2.24, 2.45) is 5.92 Å². The molecule has 3 rings (SSSR count). The molecule has 114 valence electrons. The van der Waals surface area contributed by atoms with Gasteiger partial charge < -0.3 is 9.88 Å². The predicted molar refractivity (Wildman–Crippen MR) is 89.4 cm³/mol. The molecule has 0 atom stereocenters. The molecule has 1 amide bonds. The zero-order chi connectivity index (χ0) is 15.7. The maximum Gasteiger partial charge on any atom is 0.227 e. The van der Waals surface area contributed by atoms with E-state index < -0.39 is 0 Å². The monoisotopic (exact) mass is 359 g/mol. The van der Waals surface area contributed by atoms with Gasteiger partial charge in [-0.05, 0) is 43.5 Å². The Morgan fingerprint density at radius 3 is 2.86 bits per heavy atom. The highest BCUT2D eigenvalue weighted by Crippen LogP contribution is 2.27. The molecule has 0 unspecified atom stereocenters. The third-order valence-corrected chi connectivity index (χ3v) is 4.93. The lowest BCUT2D eigenvalue weighted by atomic mass is 9.98. The molecule has 2 heterocycles. The highest BCUT2D eigenvalue weighted by Gasteiger charge is 2.23. The maximum absolute atomic E-state index is 12.6. The molecule has 2 aromatic rings. The first-order valence-corrected chi connectivity index (χ1v) is 8.32. The minimum atomic E-state index is 0.106. The molecule has 0 bridgehead atoms. The Kier molecular flexibility index (Phi) is 4.21. The third-order valence-electron chi connectivity index (χ3n) is 4.44. The molecule has 5 heteroatoms. The Bertz CT molecular complexity index is 751. The Morgan fingerprint density at radius 2 is 2.18 bits per heavy atom. The number of nitrogens with one attached hydrogen (secondary N) is 1. The van der Waals surface area contributed by atoms with Gasteiger partial charge >= 0.3 is 0 Å². The van der Waals surface area contributed by atoms with Crippen LogP contribution in [0.3, 0.4) is 0 Å². The van der Waals surface area contributed by atoms with E-state index in [1.807, 2.05) is 24.0 Å². The Labute approximate surface area is 138 Å². The van der Waals surface area contributed by atoms with E-state index in [2.05, 4.69) is 33.0 Å². The fourth-order valence-electron chi connectivity index (χ4n) is 3.10. The number of hydrogen-bond acceptors (Lipinski definition) is 2. The second-order valence-corrected chi connectivity index (χ2v) is 6.80. The van der Waals surface area contributed by atoms with Crippen molar-refractivity contribution in [3.63, 3.8) is 0 Å². The summed E-state index contributed by atoms with van der Waals surface area (Å²) in [7, 11) is 0. The van der Waals surface area contributed by atoms with Crippen LogP contribution in [-0.2, 0) is 11.2 Å². The van der Waals surface area contributed by atoms with Crippen LogP contribution in [0, 0.1) is 24.2 Å². The van der Waals surface area contributed by atoms with Crippen LogP contribution in [-0.4, -0.2) is 28.9 Å². The van der Waals surface area contributed by atoms with Gasteiger partial charge in [-0.1, -0.05) is 15.9 Å². The molecule has 0 spiro atoms. The second kappa shape index (κ2) is 6.13. The molecular weight excluding hydrogens is 342 g/mol. The quantitative estimate of drug-likeness (QED) is 0.891. The van der Waals surface area contributed by atoms with Crippen LogP contribution in [0.1, 0.15) is 24.1 Å². The van der Waals surface area contributed by atoms with Crippen LogP contribution in [0.5, 0.6) is 0 Å². The van der Waals surface area contributed by atoms with Crippen molar-refractivity contribution < 1.29 is 4.79 Å². The van der Waals surface area contributed by atoms with Crippen molar-refractivity contribution in [1.29, 1.82) is 5.26 Å². The molecule has 1 aliphatic rings. The minimum absolute atomic E-state index is 0.106. The van der Waals surface area contributed by atoms with Gasteiger partial charge in [-0.25, -0.2) is 0 Å². The van der Waals surface area contributed by atoms with Crippen molar-refractivity contribution in [1.82, 2.24) is 9.88 Å². The number of carbonyl (C=O) groups is 1. The lowest BCUT2D eigenvalue weighted by Gasteiger charge is -2.29. The van der Waals surface area contributed by atoms with Gasteiger partial charge in [-0.3, -0.25) is 4.79 Å². The van der Waals surface area contributed by atoms with Crippen LogP contribution in [0.25, 0.3) is 10.9 Å². The number of hydrogen-bond donors (Lipinski definition) is 1. The Balaban J connectivity index is 1.79. The van der Waals surface area contributed by atoms with Gasteiger partial charge in [0, 0.05) is 40.1 Å². The lowest BCUT2D eigenvalue weighted by molar-refractivity contribution is -0.131. The summed E-state index contributed by atoms with van der Waals surface area (Å²) in [5.41, 5.74) is 3.18. The Morgan fingerprint density at radius 1 is 1.45 bits per heavy atom. The summed E-state index contributed by atoms with van der Waals surface area (Å²) < 4.78 is 1.02. The number of rotatable bonds is 2. The molecule has 0 aliphatic carbocycles. The number of carbonyl (C=O) groups excluding carboxylic acids is 1. The van der Waals surface area contributed by atoms with Gasteiger partial charge in [0.15, 0.2) is 0 Å². The van der Waals surface area contributed by atoms with Gasteiger partial charge in [0.2, 0.25) is 5.91 Å². The first-order valence-electron chi connectivity index (χ1n) is 7.52. The number of fused-ring (bicyclic) bond motifs is 1. The van der Waals surface area contributed by atoms with Gasteiger partial charge in [0.1, 0.15) is 0 Å². The van der Waals surface area contributed by atoms with Crippen LogP contribution >= 0.6 is 15.9 Å². The predicted octanol–water partition coefficient (Wildman–Crippen LogP) is 3.54. The minimum Gasteiger partial charge on any atom is -0.358 e. The first-order chi connectivity index (χ1) is 10.6. The van der Waals surface area contributed by atoms with Gasteiger partial charge in [-0.15, -0.1) is 0 Å². The van der Waals surface area contributed by atoms with Crippen LogP contribution in [0.15, 0.2) is 22.7 Å². The molecule has 0 radical (unpaired) electrons. The number of piperidine rings is 1. The average molecular weight is 360 g/mol. The van der Waals surface area contributed by atoms with Crippen molar-refractivity contribution >= 4 is 32.7 Å². The zero-order valence-corrected chi connectivity index (χ0v) is 14.1. The molecule has 1 aliphatic heterocycles. The molecule has 0 saturated carbocycles. The summed E-state index contributed by atoms with van der Waals surface area (Å²) in [6.45, 7) is 3.41. The largest absolute Gasteiger partial charge is 0.358 e. The van der Waals surface area contributed by atoms with Gasteiger partial charge in [-0.2, -0.15) is 5.26 Å². The molecule has 4 nitrogen and oxygen atoms in total. The fraction of sp³-hybridized carbons (Fsp3) is 0.412. The summed E-state index contributed by atoms with van der Waals surface area (Å²) in [5, 5.41) is 10.0. The maximum atomic E-state index is 12.6.